The number of halogens is 3. The summed E-state index contributed by atoms with van der Waals surface area (Å²) < 4.78 is 43.2. The summed E-state index contributed by atoms with van der Waals surface area (Å²) in [6.07, 6.45) is -2.28. The number of hydrogen-bond donors (Lipinski definition) is 1. The highest BCUT2D eigenvalue weighted by Crippen LogP contribution is 2.29. The van der Waals surface area contributed by atoms with Crippen molar-refractivity contribution in [3.05, 3.63) is 66.1 Å². The minimum Gasteiger partial charge on any atom is -0.406 e. The average Bonchev–Trinajstić information content (AvgIpc) is 3.21. The molecule has 32 heavy (non-hydrogen) atoms. The summed E-state index contributed by atoms with van der Waals surface area (Å²) in [7, 11) is 0. The van der Waals surface area contributed by atoms with Gasteiger partial charge in [-0.05, 0) is 36.8 Å². The molecular weight excluding hydrogens is 423 g/mol. The van der Waals surface area contributed by atoms with Gasteiger partial charge in [0.05, 0.1) is 29.8 Å². The number of nitrogen functional groups attached to an aromatic ring is 1. The molecule has 4 rings (SSSR count). The first-order valence-electron chi connectivity index (χ1n) is 9.65. The third-order valence-corrected chi connectivity index (χ3v) is 4.46. The van der Waals surface area contributed by atoms with Crippen molar-refractivity contribution in [1.29, 1.82) is 0 Å². The molecule has 0 saturated carbocycles. The molecule has 4 aromatic rings. The molecule has 0 amide bonds. The van der Waals surface area contributed by atoms with E-state index in [0.29, 0.717) is 29.2 Å². The van der Waals surface area contributed by atoms with Crippen molar-refractivity contribution in [2.45, 2.75) is 26.3 Å². The standard InChI is InChI=1S/C21H18F3N7O/c1-2-14-6-4-7-15(26-14)11-31-12-19(29-30-31)18-10-17(27-20(25)28-18)13-5-3-8-16(9-13)32-21(22,23)24/h3-10,12H,2,11H2,1H3,(H2,25,27,28). The maximum Gasteiger partial charge on any atom is 0.573 e. The summed E-state index contributed by atoms with van der Waals surface area (Å²) >= 11 is 0. The molecule has 3 heterocycles. The minimum absolute atomic E-state index is 0.0495. The number of nitrogens with zero attached hydrogens (tertiary/aromatic N) is 6. The van der Waals surface area contributed by atoms with Crippen LogP contribution in [0.15, 0.2) is 54.7 Å². The molecule has 0 saturated heterocycles. The highest BCUT2D eigenvalue weighted by molar-refractivity contribution is 5.68. The molecule has 0 atom stereocenters. The number of rotatable bonds is 6. The largest absolute Gasteiger partial charge is 0.573 e. The summed E-state index contributed by atoms with van der Waals surface area (Å²) in [5.74, 6) is -0.409. The van der Waals surface area contributed by atoms with Crippen LogP contribution in [0.3, 0.4) is 0 Å². The van der Waals surface area contributed by atoms with E-state index in [-0.39, 0.29) is 11.7 Å². The maximum absolute atomic E-state index is 12.5. The molecule has 0 aliphatic carbocycles. The van der Waals surface area contributed by atoms with E-state index in [1.807, 2.05) is 25.1 Å². The molecule has 0 bridgehead atoms. The third kappa shape index (κ3) is 5.17. The Morgan fingerprint density at radius 2 is 1.69 bits per heavy atom. The Kier molecular flexibility index (Phi) is 5.71. The second kappa shape index (κ2) is 8.61. The Labute approximate surface area is 180 Å². The van der Waals surface area contributed by atoms with Gasteiger partial charge in [0.15, 0.2) is 0 Å². The lowest BCUT2D eigenvalue weighted by molar-refractivity contribution is -0.274. The van der Waals surface area contributed by atoms with Crippen LogP contribution in [0.5, 0.6) is 5.75 Å². The molecule has 0 aliphatic rings. The van der Waals surface area contributed by atoms with Gasteiger partial charge in [0.2, 0.25) is 5.95 Å². The van der Waals surface area contributed by atoms with Gasteiger partial charge in [-0.25, -0.2) is 14.6 Å². The van der Waals surface area contributed by atoms with Crippen LogP contribution in [0.1, 0.15) is 18.3 Å². The lowest BCUT2D eigenvalue weighted by Gasteiger charge is -2.10. The molecule has 0 radical (unpaired) electrons. The number of benzene rings is 1. The van der Waals surface area contributed by atoms with Crippen molar-refractivity contribution in [1.82, 2.24) is 29.9 Å². The van der Waals surface area contributed by atoms with Gasteiger partial charge < -0.3 is 10.5 Å². The van der Waals surface area contributed by atoms with Gasteiger partial charge in [0.25, 0.3) is 0 Å². The number of nitrogens with two attached hydrogens (primary N) is 1. The second-order valence-electron chi connectivity index (χ2n) is 6.85. The van der Waals surface area contributed by atoms with Crippen molar-refractivity contribution in [2.75, 3.05) is 5.73 Å². The fourth-order valence-corrected chi connectivity index (χ4v) is 3.07. The molecule has 0 fully saturated rings. The summed E-state index contributed by atoms with van der Waals surface area (Å²) in [5, 5.41) is 8.24. The van der Waals surface area contributed by atoms with Crippen molar-refractivity contribution in [3.63, 3.8) is 0 Å². The van der Waals surface area contributed by atoms with Crippen LogP contribution in [0.25, 0.3) is 22.6 Å². The first-order chi connectivity index (χ1) is 15.3. The zero-order valence-corrected chi connectivity index (χ0v) is 16.9. The molecule has 164 valence electrons. The van der Waals surface area contributed by atoms with Gasteiger partial charge in [-0.2, -0.15) is 0 Å². The highest BCUT2D eigenvalue weighted by Gasteiger charge is 2.31. The van der Waals surface area contributed by atoms with Crippen LogP contribution in [0.4, 0.5) is 19.1 Å². The number of ether oxygens (including phenoxy) is 1. The molecule has 0 aliphatic heterocycles. The second-order valence-corrected chi connectivity index (χ2v) is 6.85. The topological polar surface area (TPSA) is 105 Å². The molecule has 3 aromatic heterocycles. The van der Waals surface area contributed by atoms with Crippen molar-refractivity contribution in [2.24, 2.45) is 0 Å². The number of aromatic nitrogens is 6. The fourth-order valence-electron chi connectivity index (χ4n) is 3.07. The fraction of sp³-hybridized carbons (Fsp3) is 0.190. The number of aryl methyl sites for hydroxylation is 1. The van der Waals surface area contributed by atoms with E-state index in [4.69, 9.17) is 5.73 Å². The number of pyridine rings is 1. The van der Waals surface area contributed by atoms with Crippen molar-refractivity contribution < 1.29 is 17.9 Å². The number of anilines is 1. The quantitative estimate of drug-likeness (QED) is 0.484. The molecule has 1 aromatic carbocycles. The zero-order chi connectivity index (χ0) is 22.7. The SMILES string of the molecule is CCc1cccc(Cn2cc(-c3cc(-c4cccc(OC(F)(F)F)c4)nc(N)n3)nn2)n1. The van der Waals surface area contributed by atoms with Crippen LogP contribution < -0.4 is 10.5 Å². The molecule has 2 N–H and O–H groups in total. The van der Waals surface area contributed by atoms with Crippen molar-refractivity contribution in [3.8, 4) is 28.4 Å². The van der Waals surface area contributed by atoms with Crippen LogP contribution in [0, 0.1) is 0 Å². The van der Waals surface area contributed by atoms with Crippen LogP contribution in [-0.2, 0) is 13.0 Å². The van der Waals surface area contributed by atoms with Gasteiger partial charge >= 0.3 is 6.36 Å². The first kappa shape index (κ1) is 21.2. The van der Waals surface area contributed by atoms with Gasteiger partial charge in [0, 0.05) is 11.3 Å². The van der Waals surface area contributed by atoms with E-state index >= 15 is 0 Å². The van der Waals surface area contributed by atoms with E-state index in [2.05, 4.69) is 30.0 Å². The number of alkyl halides is 3. The predicted molar refractivity (Wildman–Crippen MR) is 110 cm³/mol. The van der Waals surface area contributed by atoms with E-state index in [0.717, 1.165) is 17.8 Å². The molecule has 8 nitrogen and oxygen atoms in total. The Balaban J connectivity index is 1.60. The zero-order valence-electron chi connectivity index (χ0n) is 16.9. The first-order valence-corrected chi connectivity index (χ1v) is 9.65. The Morgan fingerprint density at radius 1 is 0.938 bits per heavy atom. The van der Waals surface area contributed by atoms with Crippen LogP contribution in [-0.4, -0.2) is 36.3 Å². The summed E-state index contributed by atoms with van der Waals surface area (Å²) in [6.45, 7) is 2.45. The molecule has 11 heteroatoms. The van der Waals surface area contributed by atoms with E-state index in [9.17, 15) is 13.2 Å². The minimum atomic E-state index is -4.79. The maximum atomic E-state index is 12.5. The molecular formula is C21H18F3N7O. The molecule has 0 spiro atoms. The predicted octanol–water partition coefficient (Wildman–Crippen LogP) is 3.89. The summed E-state index contributed by atoms with van der Waals surface area (Å²) in [5.41, 5.74) is 9.19. The van der Waals surface area contributed by atoms with Gasteiger partial charge in [-0.1, -0.05) is 30.3 Å². The highest BCUT2D eigenvalue weighted by atomic mass is 19.4. The Hall–Kier alpha value is -4.02. The smallest absolute Gasteiger partial charge is 0.406 e. The van der Waals surface area contributed by atoms with Crippen LogP contribution >= 0.6 is 0 Å². The van der Waals surface area contributed by atoms with Crippen LogP contribution in [0.2, 0.25) is 0 Å². The summed E-state index contributed by atoms with van der Waals surface area (Å²) in [6, 6.07) is 12.8. The average molecular weight is 441 g/mol. The van der Waals surface area contributed by atoms with E-state index in [1.165, 1.54) is 18.2 Å². The van der Waals surface area contributed by atoms with Gasteiger partial charge in [-0.3, -0.25) is 4.98 Å². The molecule has 0 unspecified atom stereocenters. The van der Waals surface area contributed by atoms with Crippen molar-refractivity contribution >= 4 is 5.95 Å². The lowest BCUT2D eigenvalue weighted by atomic mass is 10.1. The normalized spacial score (nSPS) is 11.5. The van der Waals surface area contributed by atoms with Gasteiger partial charge in [-0.15, -0.1) is 18.3 Å². The van der Waals surface area contributed by atoms with E-state index in [1.54, 1.807) is 23.0 Å². The third-order valence-electron chi connectivity index (χ3n) is 4.46. The van der Waals surface area contributed by atoms with E-state index < -0.39 is 6.36 Å². The lowest BCUT2D eigenvalue weighted by Crippen LogP contribution is -2.17. The number of hydrogen-bond acceptors (Lipinski definition) is 7. The summed E-state index contributed by atoms with van der Waals surface area (Å²) in [4.78, 5) is 12.9. The monoisotopic (exact) mass is 441 g/mol. The Bertz CT molecular complexity index is 1240. The van der Waals surface area contributed by atoms with Gasteiger partial charge in [0.1, 0.15) is 11.4 Å². The Morgan fingerprint density at radius 3 is 2.47 bits per heavy atom.